The average molecular weight is 245 g/mol. The molecule has 3 rings (SSSR count). The number of pyridine rings is 1. The molecule has 18 heavy (non-hydrogen) atoms. The first kappa shape index (κ1) is 11.7. The van der Waals surface area contributed by atoms with Crippen LogP contribution in [0.1, 0.15) is 44.6 Å². The molecule has 0 unspecified atom stereocenters. The van der Waals surface area contributed by atoms with Gasteiger partial charge in [0.15, 0.2) is 0 Å². The SMILES string of the molecule is CC1(C)OC(C)(C)c2c1nc1cc(CN)ccn21. The molecule has 3 heterocycles. The van der Waals surface area contributed by atoms with Crippen molar-refractivity contribution in [2.45, 2.75) is 45.4 Å². The summed E-state index contributed by atoms with van der Waals surface area (Å²) in [4.78, 5) is 4.73. The van der Waals surface area contributed by atoms with Gasteiger partial charge in [-0.1, -0.05) is 0 Å². The van der Waals surface area contributed by atoms with E-state index in [9.17, 15) is 0 Å². The highest BCUT2D eigenvalue weighted by atomic mass is 16.5. The summed E-state index contributed by atoms with van der Waals surface area (Å²) in [5.74, 6) is 0. The third-order valence-electron chi connectivity index (χ3n) is 3.58. The number of nitrogens with two attached hydrogens (primary N) is 1. The first-order valence-electron chi connectivity index (χ1n) is 6.27. The van der Waals surface area contributed by atoms with Crippen LogP contribution >= 0.6 is 0 Å². The molecule has 0 fully saturated rings. The lowest BCUT2D eigenvalue weighted by molar-refractivity contribution is -0.108. The molecule has 1 aliphatic rings. The van der Waals surface area contributed by atoms with E-state index in [4.69, 9.17) is 15.5 Å². The van der Waals surface area contributed by atoms with Crippen molar-refractivity contribution in [2.75, 3.05) is 0 Å². The number of rotatable bonds is 1. The van der Waals surface area contributed by atoms with Crippen molar-refractivity contribution in [3.05, 3.63) is 35.3 Å². The Bertz CT molecular complexity index is 625. The van der Waals surface area contributed by atoms with E-state index in [0.717, 1.165) is 22.6 Å². The second-order valence-electron chi connectivity index (χ2n) is 5.90. The predicted molar refractivity (Wildman–Crippen MR) is 70.2 cm³/mol. The van der Waals surface area contributed by atoms with Crippen molar-refractivity contribution in [3.8, 4) is 0 Å². The Kier molecular flexibility index (Phi) is 2.17. The number of ether oxygens (including phenoxy) is 1. The fraction of sp³-hybridized carbons (Fsp3) is 0.500. The van der Waals surface area contributed by atoms with Crippen LogP contribution in [0.25, 0.3) is 5.65 Å². The topological polar surface area (TPSA) is 52.5 Å². The summed E-state index contributed by atoms with van der Waals surface area (Å²) >= 11 is 0. The Hall–Kier alpha value is -1.39. The van der Waals surface area contributed by atoms with Crippen LogP contribution in [-0.2, 0) is 22.5 Å². The van der Waals surface area contributed by atoms with Crippen LogP contribution in [0, 0.1) is 0 Å². The molecule has 0 aromatic carbocycles. The van der Waals surface area contributed by atoms with Gasteiger partial charge in [-0.3, -0.25) is 0 Å². The van der Waals surface area contributed by atoms with E-state index in [1.807, 2.05) is 18.3 Å². The van der Waals surface area contributed by atoms with Crippen molar-refractivity contribution >= 4 is 5.65 Å². The van der Waals surface area contributed by atoms with Gasteiger partial charge >= 0.3 is 0 Å². The van der Waals surface area contributed by atoms with Crippen molar-refractivity contribution in [1.29, 1.82) is 0 Å². The maximum atomic E-state index is 6.10. The highest BCUT2D eigenvalue weighted by Crippen LogP contribution is 2.46. The van der Waals surface area contributed by atoms with Gasteiger partial charge < -0.3 is 14.9 Å². The summed E-state index contributed by atoms with van der Waals surface area (Å²) in [7, 11) is 0. The number of aromatic nitrogens is 2. The molecule has 0 spiro atoms. The molecule has 0 amide bonds. The van der Waals surface area contributed by atoms with Crippen LogP contribution < -0.4 is 5.73 Å². The van der Waals surface area contributed by atoms with E-state index in [2.05, 4.69) is 32.1 Å². The van der Waals surface area contributed by atoms with Gasteiger partial charge in [-0.15, -0.1) is 0 Å². The summed E-state index contributed by atoms with van der Waals surface area (Å²) in [6, 6.07) is 4.08. The first-order valence-corrected chi connectivity index (χ1v) is 6.27. The molecule has 0 atom stereocenters. The van der Waals surface area contributed by atoms with Gasteiger partial charge in [-0.2, -0.15) is 0 Å². The summed E-state index contributed by atoms with van der Waals surface area (Å²) < 4.78 is 8.22. The van der Waals surface area contributed by atoms with Crippen LogP contribution in [-0.4, -0.2) is 9.38 Å². The molecule has 2 aromatic heterocycles. The lowest BCUT2D eigenvalue weighted by Crippen LogP contribution is -2.24. The third-order valence-corrected chi connectivity index (χ3v) is 3.58. The Morgan fingerprint density at radius 1 is 1.28 bits per heavy atom. The van der Waals surface area contributed by atoms with E-state index in [1.54, 1.807) is 0 Å². The maximum absolute atomic E-state index is 6.10. The normalized spacial score (nSPS) is 20.3. The van der Waals surface area contributed by atoms with Gasteiger partial charge in [-0.05, 0) is 45.4 Å². The molecule has 4 nitrogen and oxygen atoms in total. The zero-order valence-electron chi connectivity index (χ0n) is 11.3. The predicted octanol–water partition coefficient (Wildman–Crippen LogP) is 2.29. The van der Waals surface area contributed by atoms with Crippen molar-refractivity contribution in [2.24, 2.45) is 5.73 Å². The van der Waals surface area contributed by atoms with Gasteiger partial charge in [-0.25, -0.2) is 4.98 Å². The Morgan fingerprint density at radius 2 is 2.00 bits per heavy atom. The second kappa shape index (κ2) is 3.33. The molecule has 96 valence electrons. The van der Waals surface area contributed by atoms with Crippen molar-refractivity contribution < 1.29 is 4.74 Å². The summed E-state index contributed by atoms with van der Waals surface area (Å²) in [5, 5.41) is 0. The second-order valence-corrected chi connectivity index (χ2v) is 5.90. The maximum Gasteiger partial charge on any atom is 0.137 e. The van der Waals surface area contributed by atoms with Gasteiger partial charge in [0.2, 0.25) is 0 Å². The third kappa shape index (κ3) is 1.42. The van der Waals surface area contributed by atoms with Gasteiger partial charge in [0.1, 0.15) is 16.8 Å². The summed E-state index contributed by atoms with van der Waals surface area (Å²) in [5.41, 5.74) is 9.25. The number of fused-ring (bicyclic) bond motifs is 3. The number of nitrogens with zero attached hydrogens (tertiary/aromatic N) is 2. The Labute approximate surface area is 107 Å². The lowest BCUT2D eigenvalue weighted by atomic mass is 10.0. The fourth-order valence-electron chi connectivity index (χ4n) is 2.94. The smallest absolute Gasteiger partial charge is 0.137 e. The Balaban J connectivity index is 2.33. The Morgan fingerprint density at radius 3 is 2.67 bits per heavy atom. The van der Waals surface area contributed by atoms with Crippen LogP contribution in [0.4, 0.5) is 0 Å². The summed E-state index contributed by atoms with van der Waals surface area (Å²) in [6.07, 6.45) is 2.04. The van der Waals surface area contributed by atoms with Crippen LogP contribution in [0.2, 0.25) is 0 Å². The molecule has 4 heteroatoms. The molecule has 0 saturated carbocycles. The monoisotopic (exact) mass is 245 g/mol. The van der Waals surface area contributed by atoms with Crippen molar-refractivity contribution in [3.63, 3.8) is 0 Å². The molecule has 0 bridgehead atoms. The van der Waals surface area contributed by atoms with Crippen LogP contribution in [0.3, 0.4) is 0 Å². The van der Waals surface area contributed by atoms with Gasteiger partial charge in [0, 0.05) is 12.7 Å². The molecule has 1 aliphatic heterocycles. The van der Waals surface area contributed by atoms with E-state index < -0.39 is 0 Å². The van der Waals surface area contributed by atoms with E-state index in [0.29, 0.717) is 6.54 Å². The minimum absolute atomic E-state index is 0.317. The molecule has 2 aromatic rings. The summed E-state index contributed by atoms with van der Waals surface area (Å²) in [6.45, 7) is 8.85. The van der Waals surface area contributed by atoms with E-state index in [-0.39, 0.29) is 11.2 Å². The van der Waals surface area contributed by atoms with Crippen LogP contribution in [0.5, 0.6) is 0 Å². The number of imidazole rings is 1. The van der Waals surface area contributed by atoms with E-state index in [1.165, 1.54) is 0 Å². The molecule has 2 N–H and O–H groups in total. The highest BCUT2D eigenvalue weighted by molar-refractivity contribution is 5.49. The minimum Gasteiger partial charge on any atom is -0.357 e. The minimum atomic E-state index is -0.340. The van der Waals surface area contributed by atoms with Gasteiger partial charge in [0.05, 0.1) is 11.4 Å². The number of hydrogen-bond acceptors (Lipinski definition) is 3. The lowest BCUT2D eigenvalue weighted by Gasteiger charge is -2.25. The highest BCUT2D eigenvalue weighted by Gasteiger charge is 2.46. The average Bonchev–Trinajstić information content (AvgIpc) is 2.73. The molecular weight excluding hydrogens is 226 g/mol. The fourth-order valence-corrected chi connectivity index (χ4v) is 2.94. The molecule has 0 radical (unpaired) electrons. The molecule has 0 saturated heterocycles. The number of hydrogen-bond donors (Lipinski definition) is 1. The van der Waals surface area contributed by atoms with Crippen LogP contribution in [0.15, 0.2) is 18.3 Å². The quantitative estimate of drug-likeness (QED) is 0.838. The first-order chi connectivity index (χ1) is 8.35. The largest absolute Gasteiger partial charge is 0.357 e. The van der Waals surface area contributed by atoms with Gasteiger partial charge in [0.25, 0.3) is 0 Å². The van der Waals surface area contributed by atoms with E-state index >= 15 is 0 Å². The van der Waals surface area contributed by atoms with Crippen molar-refractivity contribution in [1.82, 2.24) is 9.38 Å². The zero-order chi connectivity index (χ0) is 13.1. The zero-order valence-corrected chi connectivity index (χ0v) is 11.3. The standard InChI is InChI=1S/C14H19N3O/c1-13(2)11-12(14(3,4)18-13)17-6-5-9(8-15)7-10(17)16-11/h5-7H,8,15H2,1-4H3. The molecule has 0 aliphatic carbocycles. The molecular formula is C14H19N3O.